The van der Waals surface area contributed by atoms with Crippen molar-refractivity contribution in [2.24, 2.45) is 30.2 Å². The molecule has 1 N–H and O–H groups in total. The van der Waals surface area contributed by atoms with Crippen LogP contribution in [0.15, 0.2) is 12.4 Å². The van der Waals surface area contributed by atoms with Crippen molar-refractivity contribution in [1.29, 1.82) is 0 Å². The second-order valence-electron chi connectivity index (χ2n) is 9.12. The van der Waals surface area contributed by atoms with Gasteiger partial charge in [0.05, 0.1) is 12.2 Å². The molecule has 1 aromatic heterocycles. The van der Waals surface area contributed by atoms with Gasteiger partial charge >= 0.3 is 0 Å². The lowest BCUT2D eigenvalue weighted by atomic mass is 9.47. The molecule has 138 valence electrons. The molecule has 25 heavy (non-hydrogen) atoms. The summed E-state index contributed by atoms with van der Waals surface area (Å²) in [4.78, 5) is 14.2. The first-order chi connectivity index (χ1) is 11.9. The van der Waals surface area contributed by atoms with E-state index in [0.29, 0.717) is 23.8 Å². The van der Waals surface area contributed by atoms with E-state index in [1.807, 2.05) is 29.9 Å². The van der Waals surface area contributed by atoms with Gasteiger partial charge in [0.25, 0.3) is 0 Å². The minimum Gasteiger partial charge on any atom is -0.338 e. The van der Waals surface area contributed by atoms with Crippen LogP contribution in [0.5, 0.6) is 0 Å². The van der Waals surface area contributed by atoms with Crippen molar-refractivity contribution < 1.29 is 4.79 Å². The average molecular weight is 345 g/mol. The third-order valence-corrected chi connectivity index (χ3v) is 7.37. The van der Waals surface area contributed by atoms with Crippen LogP contribution in [0.25, 0.3) is 0 Å². The van der Waals surface area contributed by atoms with Gasteiger partial charge in [-0.1, -0.05) is 26.7 Å². The molecule has 0 spiro atoms. The summed E-state index contributed by atoms with van der Waals surface area (Å²) in [6.45, 7) is 5.79. The summed E-state index contributed by atoms with van der Waals surface area (Å²) in [6.07, 6.45) is 10.2. The normalized spacial score (nSPS) is 37.0. The maximum atomic E-state index is 12.3. The molecular weight excluding hydrogens is 312 g/mol. The lowest BCUT2D eigenvalue weighted by Gasteiger charge is -2.61. The van der Waals surface area contributed by atoms with Gasteiger partial charge in [-0.15, -0.1) is 0 Å². The first kappa shape index (κ1) is 17.1. The fraction of sp³-hybridized carbons (Fsp3) is 0.800. The zero-order valence-corrected chi connectivity index (χ0v) is 16.0. The van der Waals surface area contributed by atoms with Gasteiger partial charge in [0.15, 0.2) is 0 Å². The molecule has 5 atom stereocenters. The fourth-order valence-corrected chi connectivity index (χ4v) is 6.06. The van der Waals surface area contributed by atoms with Gasteiger partial charge in [-0.25, -0.2) is 0 Å². The number of hydrogen-bond donors (Lipinski definition) is 1. The van der Waals surface area contributed by atoms with Crippen LogP contribution in [0.3, 0.4) is 0 Å². The molecule has 1 saturated heterocycles. The summed E-state index contributed by atoms with van der Waals surface area (Å²) in [6, 6.07) is 0.757. The number of hydrogen-bond acceptors (Lipinski definition) is 3. The smallest absolute Gasteiger partial charge is 0.223 e. The molecule has 0 radical (unpaired) electrons. The highest BCUT2D eigenvalue weighted by atomic mass is 16.2. The van der Waals surface area contributed by atoms with Gasteiger partial charge in [-0.3, -0.25) is 9.48 Å². The number of amides is 1. The average Bonchev–Trinajstić information content (AvgIpc) is 3.11. The van der Waals surface area contributed by atoms with Gasteiger partial charge in [0.1, 0.15) is 0 Å². The molecule has 1 aromatic rings. The van der Waals surface area contributed by atoms with Gasteiger partial charge in [-0.05, 0) is 30.1 Å². The van der Waals surface area contributed by atoms with Crippen molar-refractivity contribution in [2.45, 2.75) is 58.0 Å². The van der Waals surface area contributed by atoms with Gasteiger partial charge in [0.2, 0.25) is 5.91 Å². The number of fused-ring (bicyclic) bond motifs is 1. The summed E-state index contributed by atoms with van der Waals surface area (Å²) < 4.78 is 1.83. The summed E-state index contributed by atoms with van der Waals surface area (Å²) in [5, 5.41) is 8.21. The molecule has 3 aliphatic rings. The van der Waals surface area contributed by atoms with E-state index in [2.05, 4.69) is 30.5 Å². The molecule has 2 aliphatic carbocycles. The first-order valence-electron chi connectivity index (χ1n) is 9.87. The maximum Gasteiger partial charge on any atom is 0.223 e. The van der Waals surface area contributed by atoms with Crippen LogP contribution < -0.4 is 5.32 Å². The number of nitrogens with one attached hydrogen (secondary N) is 1. The van der Waals surface area contributed by atoms with Crippen LogP contribution in [-0.2, 0) is 11.8 Å². The molecule has 0 aromatic carbocycles. The van der Waals surface area contributed by atoms with E-state index in [0.717, 1.165) is 23.9 Å². The number of rotatable bonds is 4. The van der Waals surface area contributed by atoms with E-state index in [9.17, 15) is 4.79 Å². The van der Waals surface area contributed by atoms with Crippen molar-refractivity contribution in [3.8, 4) is 0 Å². The Kier molecular flexibility index (Phi) is 4.18. The highest BCUT2D eigenvalue weighted by Crippen LogP contribution is 2.57. The summed E-state index contributed by atoms with van der Waals surface area (Å²) >= 11 is 0. The maximum absolute atomic E-state index is 12.3. The van der Waals surface area contributed by atoms with Gasteiger partial charge < -0.3 is 10.2 Å². The minimum absolute atomic E-state index is 0.152. The van der Waals surface area contributed by atoms with Crippen LogP contribution in [-0.4, -0.2) is 40.2 Å². The third kappa shape index (κ3) is 2.71. The van der Waals surface area contributed by atoms with E-state index >= 15 is 0 Å². The van der Waals surface area contributed by atoms with Crippen molar-refractivity contribution in [3.63, 3.8) is 0 Å². The quantitative estimate of drug-likeness (QED) is 0.914. The summed E-state index contributed by atoms with van der Waals surface area (Å²) in [7, 11) is 3.87. The summed E-state index contributed by atoms with van der Waals surface area (Å²) in [5.41, 5.74) is 1.55. The highest BCUT2D eigenvalue weighted by molar-refractivity contribution is 5.79. The van der Waals surface area contributed by atoms with Crippen LogP contribution >= 0.6 is 0 Å². The second-order valence-corrected chi connectivity index (χ2v) is 9.12. The van der Waals surface area contributed by atoms with Gasteiger partial charge in [-0.2, -0.15) is 5.10 Å². The Morgan fingerprint density at radius 2 is 2.04 bits per heavy atom. The zero-order chi connectivity index (χ0) is 17.8. The fourth-order valence-electron chi connectivity index (χ4n) is 6.06. The number of aryl methyl sites for hydroxylation is 1. The van der Waals surface area contributed by atoms with Crippen molar-refractivity contribution in [1.82, 2.24) is 20.0 Å². The summed E-state index contributed by atoms with van der Waals surface area (Å²) in [5.74, 6) is 2.32. The molecule has 1 amide bonds. The van der Waals surface area contributed by atoms with E-state index in [1.54, 1.807) is 0 Å². The highest BCUT2D eigenvalue weighted by Gasteiger charge is 2.56. The Morgan fingerprint density at radius 1 is 1.28 bits per heavy atom. The molecule has 2 saturated carbocycles. The van der Waals surface area contributed by atoms with E-state index in [-0.39, 0.29) is 11.9 Å². The van der Waals surface area contributed by atoms with Crippen molar-refractivity contribution in [2.75, 3.05) is 13.6 Å². The number of carbonyl (C=O) groups excluding carboxylic acids is 1. The molecule has 3 fully saturated rings. The molecule has 5 heteroatoms. The Bertz CT molecular complexity index is 652. The monoisotopic (exact) mass is 344 g/mol. The Hall–Kier alpha value is -1.36. The topological polar surface area (TPSA) is 50.2 Å². The standard InChI is InChI=1S/C20H32N4O/c1-20(2)16-8-6-5-7-15(16)19(20)21-10-13-9-17(25)24(4)18(13)14-11-22-23(3)12-14/h11-13,15-16,18-19,21H,5-10H2,1-4H3/t13-,15+,16-,18+,19-/m0/s1. The van der Waals surface area contributed by atoms with Crippen molar-refractivity contribution >= 4 is 5.91 Å². The predicted molar refractivity (Wildman–Crippen MR) is 97.8 cm³/mol. The van der Waals surface area contributed by atoms with E-state index in [4.69, 9.17) is 0 Å². The number of nitrogens with zero attached hydrogens (tertiary/aromatic N) is 3. The van der Waals surface area contributed by atoms with Gasteiger partial charge in [0, 0.05) is 50.8 Å². The Morgan fingerprint density at radius 3 is 2.76 bits per heavy atom. The molecular formula is C20H32N4O. The first-order valence-corrected chi connectivity index (χ1v) is 9.87. The molecule has 1 aliphatic heterocycles. The number of aromatic nitrogens is 2. The van der Waals surface area contributed by atoms with Crippen molar-refractivity contribution in [3.05, 3.63) is 18.0 Å². The number of likely N-dealkylation sites (tertiary alicyclic amines) is 1. The van der Waals surface area contributed by atoms with Crippen LogP contribution in [0, 0.1) is 23.2 Å². The largest absolute Gasteiger partial charge is 0.338 e. The van der Waals surface area contributed by atoms with E-state index < -0.39 is 0 Å². The zero-order valence-electron chi connectivity index (χ0n) is 16.0. The third-order valence-electron chi connectivity index (χ3n) is 7.37. The predicted octanol–water partition coefficient (Wildman–Crippen LogP) is 2.74. The number of carbonyl (C=O) groups is 1. The minimum atomic E-state index is 0.152. The molecule has 0 unspecified atom stereocenters. The van der Waals surface area contributed by atoms with Crippen LogP contribution in [0.2, 0.25) is 0 Å². The Balaban J connectivity index is 1.45. The second kappa shape index (κ2) is 6.11. The lowest BCUT2D eigenvalue weighted by molar-refractivity contribution is -0.127. The molecule has 4 rings (SSSR count). The molecule has 0 bridgehead atoms. The molecule has 2 heterocycles. The molecule has 5 nitrogen and oxygen atoms in total. The lowest BCUT2D eigenvalue weighted by Crippen LogP contribution is -2.65. The SMILES string of the molecule is CN1C(=O)C[C@@H](CN[C@H]2[C@@H]3CCCC[C@@H]3C2(C)C)[C@@H]1c1cnn(C)c1. The van der Waals surface area contributed by atoms with Crippen LogP contribution in [0.4, 0.5) is 0 Å². The van der Waals surface area contributed by atoms with E-state index in [1.165, 1.54) is 25.7 Å². The van der Waals surface area contributed by atoms with Crippen LogP contribution in [0.1, 0.15) is 57.6 Å². The Labute approximate surface area is 151 Å².